The zero-order chi connectivity index (χ0) is 20.5. The summed E-state index contributed by atoms with van der Waals surface area (Å²) in [4.78, 5) is 18.6. The minimum Gasteiger partial charge on any atom is -0.299 e. The molecule has 29 heavy (non-hydrogen) atoms. The van der Waals surface area contributed by atoms with Crippen LogP contribution in [0.1, 0.15) is 59.2 Å². The van der Waals surface area contributed by atoms with Gasteiger partial charge in [0.25, 0.3) is 0 Å². The van der Waals surface area contributed by atoms with Crippen molar-refractivity contribution in [3.63, 3.8) is 0 Å². The minimum atomic E-state index is 0.485. The second kappa shape index (κ2) is 11.1. The summed E-state index contributed by atoms with van der Waals surface area (Å²) in [7, 11) is 2.18. The highest BCUT2D eigenvalue weighted by Crippen LogP contribution is 2.23. The molecular formula is C25H29ClN2O. The molecule has 0 aliphatic heterocycles. The molecule has 0 bridgehead atoms. The van der Waals surface area contributed by atoms with Crippen LogP contribution in [0.2, 0.25) is 5.15 Å². The fraction of sp³-hybridized carbons (Fsp3) is 0.360. The molecule has 3 nitrogen and oxygen atoms in total. The zero-order valence-corrected chi connectivity index (χ0v) is 17.8. The van der Waals surface area contributed by atoms with Gasteiger partial charge in [-0.25, -0.2) is 4.98 Å². The van der Waals surface area contributed by atoms with E-state index in [1.165, 1.54) is 32.1 Å². The number of pyridine rings is 1. The Kier molecular flexibility index (Phi) is 8.21. The average molecular weight is 409 g/mol. The van der Waals surface area contributed by atoms with E-state index in [4.69, 9.17) is 11.6 Å². The fourth-order valence-electron chi connectivity index (χ4n) is 3.95. The largest absolute Gasteiger partial charge is 0.299 e. The number of hydrogen-bond acceptors (Lipinski definition) is 3. The van der Waals surface area contributed by atoms with Crippen LogP contribution in [0, 0.1) is 0 Å². The van der Waals surface area contributed by atoms with Crippen LogP contribution >= 0.6 is 11.6 Å². The van der Waals surface area contributed by atoms with Gasteiger partial charge in [0.2, 0.25) is 0 Å². The van der Waals surface area contributed by atoms with Gasteiger partial charge in [-0.1, -0.05) is 73.3 Å². The lowest BCUT2D eigenvalue weighted by Crippen LogP contribution is -2.33. The predicted octanol–water partition coefficient (Wildman–Crippen LogP) is 6.03. The molecule has 1 aliphatic rings. The summed E-state index contributed by atoms with van der Waals surface area (Å²) in [5, 5.41) is 0.485. The van der Waals surface area contributed by atoms with Crippen molar-refractivity contribution in [1.82, 2.24) is 9.88 Å². The molecule has 0 radical (unpaired) electrons. The van der Waals surface area contributed by atoms with Crippen LogP contribution in [-0.2, 0) is 13.0 Å². The Morgan fingerprint density at radius 3 is 2.48 bits per heavy atom. The monoisotopic (exact) mass is 408 g/mol. The summed E-state index contributed by atoms with van der Waals surface area (Å²) < 4.78 is 0. The summed E-state index contributed by atoms with van der Waals surface area (Å²) in [6.07, 6.45) is 9.90. The van der Waals surface area contributed by atoms with Crippen molar-refractivity contribution >= 4 is 17.9 Å². The number of aromatic nitrogens is 1. The summed E-state index contributed by atoms with van der Waals surface area (Å²) in [5.41, 5.74) is 3.92. The minimum absolute atomic E-state index is 0.485. The van der Waals surface area contributed by atoms with Gasteiger partial charge in [0, 0.05) is 24.3 Å². The third kappa shape index (κ3) is 6.66. The van der Waals surface area contributed by atoms with Gasteiger partial charge in [0.05, 0.1) is 0 Å². The number of carbonyl (C=O) groups is 1. The highest BCUT2D eigenvalue weighted by atomic mass is 35.5. The van der Waals surface area contributed by atoms with Crippen LogP contribution in [0.25, 0.3) is 0 Å². The predicted molar refractivity (Wildman–Crippen MR) is 120 cm³/mol. The van der Waals surface area contributed by atoms with Gasteiger partial charge < -0.3 is 0 Å². The number of aldehydes is 1. The van der Waals surface area contributed by atoms with Crippen LogP contribution in [0.15, 0.2) is 60.8 Å². The van der Waals surface area contributed by atoms with Crippen molar-refractivity contribution in [3.05, 3.63) is 88.2 Å². The van der Waals surface area contributed by atoms with Gasteiger partial charge in [0.1, 0.15) is 11.4 Å². The van der Waals surface area contributed by atoms with Gasteiger partial charge in [-0.15, -0.1) is 0 Å². The molecule has 1 aromatic heterocycles. The highest BCUT2D eigenvalue weighted by molar-refractivity contribution is 6.29. The molecule has 1 heterocycles. The quantitative estimate of drug-likeness (QED) is 0.432. The van der Waals surface area contributed by atoms with Crippen molar-refractivity contribution in [3.8, 4) is 0 Å². The van der Waals surface area contributed by atoms with Crippen molar-refractivity contribution in [2.75, 3.05) is 7.05 Å². The van der Waals surface area contributed by atoms with Gasteiger partial charge in [-0.05, 0) is 55.1 Å². The Bertz CT molecular complexity index is 859. The van der Waals surface area contributed by atoms with Crippen molar-refractivity contribution in [1.29, 1.82) is 0 Å². The van der Waals surface area contributed by atoms with Crippen molar-refractivity contribution in [2.24, 2.45) is 0 Å². The maximum Gasteiger partial charge on any atom is 0.150 e. The topological polar surface area (TPSA) is 33.2 Å². The molecule has 1 saturated carbocycles. The molecule has 1 aromatic carbocycles. The molecule has 0 saturated heterocycles. The first-order chi connectivity index (χ1) is 14.2. The Labute approximate surface area is 179 Å². The second-order valence-electron chi connectivity index (χ2n) is 7.79. The van der Waals surface area contributed by atoms with E-state index < -0.39 is 0 Å². The van der Waals surface area contributed by atoms with Gasteiger partial charge >= 0.3 is 0 Å². The molecule has 0 unspecified atom stereocenters. The highest BCUT2D eigenvalue weighted by Gasteiger charge is 2.18. The summed E-state index contributed by atoms with van der Waals surface area (Å²) in [5.74, 6) is 0. The third-order valence-corrected chi connectivity index (χ3v) is 5.82. The first kappa shape index (κ1) is 21.5. The maximum absolute atomic E-state index is 12.0. The first-order valence-electron chi connectivity index (χ1n) is 10.4. The van der Waals surface area contributed by atoms with Gasteiger partial charge in [-0.3, -0.25) is 9.69 Å². The molecule has 2 aromatic rings. The Morgan fingerprint density at radius 2 is 1.79 bits per heavy atom. The molecule has 3 rings (SSSR count). The lowest BCUT2D eigenvalue weighted by atomic mass is 9.94. The van der Waals surface area contributed by atoms with Crippen LogP contribution < -0.4 is 0 Å². The molecule has 0 atom stereocenters. The summed E-state index contributed by atoms with van der Waals surface area (Å²) in [6.45, 7) is 0.777. The van der Waals surface area contributed by atoms with E-state index in [0.29, 0.717) is 17.6 Å². The lowest BCUT2D eigenvalue weighted by Gasteiger charge is -2.31. The van der Waals surface area contributed by atoms with Gasteiger partial charge in [-0.2, -0.15) is 0 Å². The smallest absolute Gasteiger partial charge is 0.150 e. The first-order valence-corrected chi connectivity index (χ1v) is 10.7. The number of halogens is 1. The molecule has 152 valence electrons. The molecule has 4 heteroatoms. The van der Waals surface area contributed by atoms with E-state index in [9.17, 15) is 4.79 Å². The van der Waals surface area contributed by atoms with Crippen LogP contribution in [0.4, 0.5) is 0 Å². The molecule has 0 N–H and O–H groups in total. The van der Waals surface area contributed by atoms with Gasteiger partial charge in [0.15, 0.2) is 0 Å². The van der Waals surface area contributed by atoms with Crippen molar-refractivity contribution < 1.29 is 4.79 Å². The SMILES string of the molecule is CN(Cc1ccccccc(Cc2ccc(Cl)nc2)cc1C=O)C1CCCCC1. The van der Waals surface area contributed by atoms with E-state index in [-0.39, 0.29) is 0 Å². The normalized spacial score (nSPS) is 14.4. The number of carbonyl (C=O) groups excluding carboxylic acids is 1. The van der Waals surface area contributed by atoms with Crippen LogP contribution in [0.3, 0.4) is 0 Å². The zero-order valence-electron chi connectivity index (χ0n) is 17.1. The molecule has 0 spiro atoms. The fourth-order valence-corrected chi connectivity index (χ4v) is 4.06. The van der Waals surface area contributed by atoms with Crippen molar-refractivity contribution in [2.45, 2.75) is 51.1 Å². The molecule has 1 fully saturated rings. The van der Waals surface area contributed by atoms with E-state index >= 15 is 0 Å². The average Bonchev–Trinajstić information content (AvgIpc) is 2.75. The van der Waals surface area contributed by atoms with E-state index in [1.54, 1.807) is 12.3 Å². The van der Waals surface area contributed by atoms with E-state index in [2.05, 4.69) is 29.1 Å². The second-order valence-corrected chi connectivity index (χ2v) is 8.18. The number of hydrogen-bond donors (Lipinski definition) is 0. The Morgan fingerprint density at radius 1 is 1.03 bits per heavy atom. The van der Waals surface area contributed by atoms with E-state index in [0.717, 1.165) is 35.1 Å². The number of rotatable bonds is 6. The van der Waals surface area contributed by atoms with E-state index in [1.807, 2.05) is 36.4 Å². The molecule has 0 amide bonds. The summed E-state index contributed by atoms with van der Waals surface area (Å²) in [6, 6.07) is 18.5. The Hall–Kier alpha value is -2.23. The van der Waals surface area contributed by atoms with Crippen LogP contribution in [-0.4, -0.2) is 29.3 Å². The summed E-state index contributed by atoms with van der Waals surface area (Å²) >= 11 is 5.90. The molecule has 1 aliphatic carbocycles. The Balaban J connectivity index is 1.92. The number of nitrogens with zero attached hydrogens (tertiary/aromatic N) is 2. The standard InChI is InChI=1S/C25H29ClN2O/c1-28(24-11-7-4-8-12-24)18-22-10-6-3-2-5-9-20(16-23(22)19-29)15-21-13-14-25(26)27-17-21/h2-3,5-6,9-10,13-14,16-17,19,24H,4,7-8,11-12,15,18H2,1H3. The lowest BCUT2D eigenvalue weighted by molar-refractivity contribution is 0.112. The maximum atomic E-state index is 12.0. The van der Waals surface area contributed by atoms with Crippen LogP contribution in [0.5, 0.6) is 0 Å². The third-order valence-electron chi connectivity index (χ3n) is 5.59. The molecular weight excluding hydrogens is 380 g/mol.